The van der Waals surface area contributed by atoms with Crippen LogP contribution in [0.5, 0.6) is 0 Å². The lowest BCUT2D eigenvalue weighted by Crippen LogP contribution is -2.41. The van der Waals surface area contributed by atoms with Gasteiger partial charge in [-0.25, -0.2) is 9.67 Å². The summed E-state index contributed by atoms with van der Waals surface area (Å²) in [6, 6.07) is 4.48. The standard InChI is InChI=1S/C13H16BFN4O2/c1-12(2)13(3,4)21-14(20-12)9-8-19(18-17-9)11-7-5-6-10(15)16-11/h5-8H,1-4H3. The molecule has 0 aliphatic carbocycles. The number of nitrogens with zero attached hydrogens (tertiary/aromatic N) is 4. The van der Waals surface area contributed by atoms with Gasteiger partial charge in [-0.05, 0) is 39.8 Å². The van der Waals surface area contributed by atoms with Crippen LogP contribution >= 0.6 is 0 Å². The van der Waals surface area contributed by atoms with Crippen molar-refractivity contribution in [3.05, 3.63) is 30.3 Å². The van der Waals surface area contributed by atoms with Gasteiger partial charge < -0.3 is 9.31 Å². The van der Waals surface area contributed by atoms with Crippen molar-refractivity contribution < 1.29 is 13.7 Å². The minimum absolute atomic E-state index is 0.352. The first kappa shape index (κ1) is 14.2. The van der Waals surface area contributed by atoms with E-state index in [4.69, 9.17) is 9.31 Å². The van der Waals surface area contributed by atoms with Gasteiger partial charge >= 0.3 is 7.12 Å². The van der Waals surface area contributed by atoms with Crippen molar-refractivity contribution in [2.75, 3.05) is 0 Å². The molecule has 0 spiro atoms. The molecule has 0 radical (unpaired) electrons. The summed E-state index contributed by atoms with van der Waals surface area (Å²) in [5, 5.41) is 7.98. The number of hydrogen-bond acceptors (Lipinski definition) is 5. The average Bonchev–Trinajstić information content (AvgIpc) is 2.93. The summed E-state index contributed by atoms with van der Waals surface area (Å²) in [5.74, 6) is -0.217. The Labute approximate surface area is 122 Å². The van der Waals surface area contributed by atoms with Crippen molar-refractivity contribution in [3.8, 4) is 5.82 Å². The van der Waals surface area contributed by atoms with Gasteiger partial charge in [-0.15, -0.1) is 5.10 Å². The molecule has 1 fully saturated rings. The molecule has 3 heterocycles. The Kier molecular flexibility index (Phi) is 3.10. The van der Waals surface area contributed by atoms with E-state index < -0.39 is 24.3 Å². The van der Waals surface area contributed by atoms with Crippen LogP contribution in [0.15, 0.2) is 24.4 Å². The fraction of sp³-hybridized carbons (Fsp3) is 0.462. The van der Waals surface area contributed by atoms with Crippen molar-refractivity contribution in [3.63, 3.8) is 0 Å². The third-order valence-electron chi connectivity index (χ3n) is 3.94. The monoisotopic (exact) mass is 290 g/mol. The highest BCUT2D eigenvalue weighted by atomic mass is 19.1. The zero-order chi connectivity index (χ0) is 15.3. The van der Waals surface area contributed by atoms with Crippen LogP contribution in [0.25, 0.3) is 5.82 Å². The molecule has 21 heavy (non-hydrogen) atoms. The highest BCUT2D eigenvalue weighted by Crippen LogP contribution is 2.36. The predicted octanol–water partition coefficient (Wildman–Crippen LogP) is 1.10. The minimum atomic E-state index is -0.600. The molecule has 0 atom stereocenters. The number of rotatable bonds is 2. The molecule has 0 unspecified atom stereocenters. The fourth-order valence-electron chi connectivity index (χ4n) is 1.99. The van der Waals surface area contributed by atoms with Gasteiger partial charge in [-0.3, -0.25) is 0 Å². The molecule has 1 saturated heterocycles. The van der Waals surface area contributed by atoms with E-state index in [9.17, 15) is 4.39 Å². The fourth-order valence-corrected chi connectivity index (χ4v) is 1.99. The van der Waals surface area contributed by atoms with Crippen LogP contribution in [-0.4, -0.2) is 38.3 Å². The van der Waals surface area contributed by atoms with E-state index >= 15 is 0 Å². The Morgan fingerprint density at radius 3 is 2.43 bits per heavy atom. The summed E-state index contributed by atoms with van der Waals surface area (Å²) in [6.07, 6.45) is 1.63. The zero-order valence-electron chi connectivity index (χ0n) is 12.4. The van der Waals surface area contributed by atoms with Gasteiger partial charge in [-0.1, -0.05) is 11.3 Å². The summed E-state index contributed by atoms with van der Waals surface area (Å²) >= 11 is 0. The Bertz CT molecular complexity index is 658. The zero-order valence-corrected chi connectivity index (χ0v) is 12.4. The lowest BCUT2D eigenvalue weighted by Gasteiger charge is -2.32. The van der Waals surface area contributed by atoms with Crippen LogP contribution in [-0.2, 0) is 9.31 Å². The van der Waals surface area contributed by atoms with Crippen molar-refractivity contribution in [2.45, 2.75) is 38.9 Å². The lowest BCUT2D eigenvalue weighted by atomic mass is 9.86. The van der Waals surface area contributed by atoms with E-state index in [2.05, 4.69) is 15.3 Å². The third kappa shape index (κ3) is 2.45. The molecule has 2 aromatic heterocycles. The number of hydrogen-bond donors (Lipinski definition) is 0. The molecule has 0 aromatic carbocycles. The Morgan fingerprint density at radius 1 is 1.14 bits per heavy atom. The van der Waals surface area contributed by atoms with Crippen molar-refractivity contribution in [2.24, 2.45) is 0 Å². The number of aromatic nitrogens is 4. The van der Waals surface area contributed by atoms with Crippen molar-refractivity contribution >= 4 is 12.7 Å². The van der Waals surface area contributed by atoms with Crippen LogP contribution in [0.4, 0.5) is 4.39 Å². The predicted molar refractivity (Wildman–Crippen MR) is 74.8 cm³/mol. The van der Waals surface area contributed by atoms with Gasteiger partial charge in [-0.2, -0.15) is 4.39 Å². The van der Waals surface area contributed by atoms with Gasteiger partial charge in [0.2, 0.25) is 5.95 Å². The Balaban J connectivity index is 1.87. The molecule has 110 valence electrons. The summed E-state index contributed by atoms with van der Waals surface area (Å²) in [5.41, 5.74) is -0.364. The van der Waals surface area contributed by atoms with E-state index in [1.807, 2.05) is 27.7 Å². The maximum atomic E-state index is 13.1. The summed E-state index contributed by atoms with van der Waals surface area (Å²) in [7, 11) is -0.600. The second kappa shape index (κ2) is 4.61. The van der Waals surface area contributed by atoms with Gasteiger partial charge in [0.1, 0.15) is 5.59 Å². The molecule has 1 aliphatic rings. The quantitative estimate of drug-likeness (QED) is 0.612. The summed E-state index contributed by atoms with van der Waals surface area (Å²) in [6.45, 7) is 7.86. The van der Waals surface area contributed by atoms with Crippen LogP contribution in [0.3, 0.4) is 0 Å². The van der Waals surface area contributed by atoms with Crippen LogP contribution < -0.4 is 5.59 Å². The molecule has 0 bridgehead atoms. The van der Waals surface area contributed by atoms with Crippen molar-refractivity contribution in [1.29, 1.82) is 0 Å². The molecule has 0 amide bonds. The van der Waals surface area contributed by atoms with Crippen LogP contribution in [0, 0.1) is 5.95 Å². The van der Waals surface area contributed by atoms with Gasteiger partial charge in [0, 0.05) is 0 Å². The molecule has 3 rings (SSSR count). The van der Waals surface area contributed by atoms with Crippen LogP contribution in [0.1, 0.15) is 27.7 Å². The van der Waals surface area contributed by atoms with E-state index in [0.717, 1.165) is 0 Å². The van der Waals surface area contributed by atoms with Gasteiger partial charge in [0.25, 0.3) is 0 Å². The summed E-state index contributed by atoms with van der Waals surface area (Å²) in [4.78, 5) is 3.75. The number of halogens is 1. The first-order chi connectivity index (χ1) is 9.78. The Hall–Kier alpha value is -1.80. The molecule has 1 aliphatic heterocycles. The second-order valence-electron chi connectivity index (χ2n) is 5.99. The first-order valence-electron chi connectivity index (χ1n) is 6.69. The van der Waals surface area contributed by atoms with E-state index in [-0.39, 0.29) is 0 Å². The minimum Gasteiger partial charge on any atom is -0.398 e. The highest BCUT2D eigenvalue weighted by molar-refractivity contribution is 6.61. The molecule has 2 aromatic rings. The SMILES string of the molecule is CC1(C)OB(c2cn(-c3cccc(F)n3)nn2)OC1(C)C. The maximum absolute atomic E-state index is 13.1. The molecule has 0 N–H and O–H groups in total. The van der Waals surface area contributed by atoms with Crippen LogP contribution in [0.2, 0.25) is 0 Å². The van der Waals surface area contributed by atoms with Gasteiger partial charge in [0.05, 0.1) is 17.4 Å². The Morgan fingerprint density at radius 2 is 1.81 bits per heavy atom. The van der Waals surface area contributed by atoms with E-state index in [1.54, 1.807) is 18.3 Å². The molecule has 6 nitrogen and oxygen atoms in total. The molecular formula is C13H16BFN4O2. The maximum Gasteiger partial charge on any atom is 0.518 e. The van der Waals surface area contributed by atoms with E-state index in [1.165, 1.54) is 10.7 Å². The normalized spacial score (nSPS) is 20.0. The first-order valence-corrected chi connectivity index (χ1v) is 6.69. The van der Waals surface area contributed by atoms with E-state index in [0.29, 0.717) is 11.4 Å². The largest absolute Gasteiger partial charge is 0.518 e. The average molecular weight is 290 g/mol. The molecular weight excluding hydrogens is 274 g/mol. The van der Waals surface area contributed by atoms with Gasteiger partial charge in [0.15, 0.2) is 5.82 Å². The smallest absolute Gasteiger partial charge is 0.398 e. The van der Waals surface area contributed by atoms with Crippen molar-refractivity contribution in [1.82, 2.24) is 20.0 Å². The topological polar surface area (TPSA) is 62.1 Å². The summed E-state index contributed by atoms with van der Waals surface area (Å²) < 4.78 is 26.3. The molecule has 0 saturated carbocycles. The third-order valence-corrected chi connectivity index (χ3v) is 3.94. The lowest BCUT2D eigenvalue weighted by molar-refractivity contribution is 0.00578. The second-order valence-corrected chi connectivity index (χ2v) is 5.99. The highest BCUT2D eigenvalue weighted by Gasteiger charge is 2.52. The number of pyridine rings is 1. The molecule has 8 heteroatoms.